The Bertz CT molecular complexity index is 1390. The number of H-pyrrole nitrogens is 1. The summed E-state index contributed by atoms with van der Waals surface area (Å²) in [5.41, 5.74) is 2.80. The number of nitrogens with zero attached hydrogens (tertiary/aromatic N) is 3. The van der Waals surface area contributed by atoms with Gasteiger partial charge >= 0.3 is 0 Å². The van der Waals surface area contributed by atoms with Crippen LogP contribution in [0.5, 0.6) is 0 Å². The summed E-state index contributed by atoms with van der Waals surface area (Å²) in [5.74, 6) is 1.56. The molecule has 0 spiro atoms. The fourth-order valence-electron chi connectivity index (χ4n) is 5.05. The Morgan fingerprint density at radius 1 is 1.22 bits per heavy atom. The highest BCUT2D eigenvalue weighted by Gasteiger charge is 2.24. The van der Waals surface area contributed by atoms with E-state index in [0.717, 1.165) is 28.8 Å². The van der Waals surface area contributed by atoms with Crippen LogP contribution >= 0.6 is 0 Å². The molecule has 3 heterocycles. The van der Waals surface area contributed by atoms with Crippen LogP contribution in [-0.4, -0.2) is 32.3 Å². The maximum absolute atomic E-state index is 15.1. The van der Waals surface area contributed by atoms with Gasteiger partial charge in [-0.05, 0) is 47.9 Å². The van der Waals surface area contributed by atoms with Gasteiger partial charge in [0.15, 0.2) is 17.2 Å². The zero-order chi connectivity index (χ0) is 25.9. The molecule has 1 amide bonds. The van der Waals surface area contributed by atoms with E-state index >= 15 is 4.39 Å². The molecule has 2 atom stereocenters. The van der Waals surface area contributed by atoms with Crippen molar-refractivity contribution >= 4 is 22.8 Å². The van der Waals surface area contributed by atoms with E-state index < -0.39 is 11.7 Å². The summed E-state index contributed by atoms with van der Waals surface area (Å²) < 4.78 is 20.4. The summed E-state index contributed by atoms with van der Waals surface area (Å²) in [6.07, 6.45) is 7.16. The summed E-state index contributed by atoms with van der Waals surface area (Å²) in [6.45, 7) is 6.44. The van der Waals surface area contributed by atoms with Crippen LogP contribution in [0.3, 0.4) is 0 Å². The van der Waals surface area contributed by atoms with Gasteiger partial charge in [-0.2, -0.15) is 5.10 Å². The second-order valence-corrected chi connectivity index (χ2v) is 10.4. The van der Waals surface area contributed by atoms with Crippen molar-refractivity contribution in [2.75, 3.05) is 5.32 Å². The van der Waals surface area contributed by atoms with Gasteiger partial charge in [0.1, 0.15) is 11.6 Å². The largest absolute Gasteiger partial charge is 0.365 e. The Labute approximate surface area is 215 Å². The van der Waals surface area contributed by atoms with Gasteiger partial charge in [-0.15, -0.1) is 0 Å². The molecule has 1 aliphatic carbocycles. The fourth-order valence-corrected chi connectivity index (χ4v) is 5.05. The van der Waals surface area contributed by atoms with Crippen molar-refractivity contribution in [2.45, 2.75) is 65.5 Å². The average molecular weight is 505 g/mol. The van der Waals surface area contributed by atoms with Crippen LogP contribution in [0, 0.1) is 17.7 Å². The predicted octanol–water partition coefficient (Wildman–Crippen LogP) is 5.87. The zero-order valence-corrected chi connectivity index (χ0v) is 21.5. The molecule has 1 fully saturated rings. The van der Waals surface area contributed by atoms with E-state index in [1.165, 1.54) is 25.3 Å². The smallest absolute Gasteiger partial charge is 0.273 e. The number of aromatic amines is 1. The minimum absolute atomic E-state index is 0.0428. The number of hydrogen-bond acceptors (Lipinski definition) is 6. The lowest BCUT2D eigenvalue weighted by Gasteiger charge is -2.29. The number of aromatic nitrogens is 4. The molecule has 1 saturated carbocycles. The third-order valence-corrected chi connectivity index (χ3v) is 7.10. The average Bonchev–Trinajstić information content (AvgIpc) is 3.51. The molecule has 3 aromatic heterocycles. The highest BCUT2D eigenvalue weighted by molar-refractivity contribution is 6.00. The number of nitrogens with one attached hydrogen (secondary N) is 3. The van der Waals surface area contributed by atoms with Crippen LogP contribution in [0.2, 0.25) is 0 Å². The molecule has 3 N–H and O–H groups in total. The van der Waals surface area contributed by atoms with Crippen molar-refractivity contribution in [1.29, 1.82) is 0 Å². The van der Waals surface area contributed by atoms with Gasteiger partial charge in [0.25, 0.3) is 5.91 Å². The number of rotatable bonds is 8. The number of carbonyl (C=O) groups is 1. The lowest BCUT2D eigenvalue weighted by Crippen LogP contribution is -2.30. The van der Waals surface area contributed by atoms with Crippen LogP contribution in [-0.2, 0) is 13.0 Å². The van der Waals surface area contributed by atoms with Crippen molar-refractivity contribution in [1.82, 2.24) is 25.7 Å². The highest BCUT2D eigenvalue weighted by atomic mass is 19.1. The Kier molecular flexibility index (Phi) is 7.21. The molecule has 0 unspecified atom stereocenters. The van der Waals surface area contributed by atoms with E-state index in [2.05, 4.69) is 51.7 Å². The van der Waals surface area contributed by atoms with Crippen LogP contribution < -0.4 is 10.6 Å². The lowest BCUT2D eigenvalue weighted by molar-refractivity contribution is 0.0941. The number of carbonyl (C=O) groups excluding carboxylic acids is 1. The summed E-state index contributed by atoms with van der Waals surface area (Å²) >= 11 is 0. The van der Waals surface area contributed by atoms with Crippen LogP contribution in [0.4, 0.5) is 10.2 Å². The van der Waals surface area contributed by atoms with Gasteiger partial charge in [0, 0.05) is 36.8 Å². The molecule has 194 valence electrons. The number of halogens is 1. The lowest BCUT2D eigenvalue weighted by atomic mass is 9.86. The Balaban J connectivity index is 1.33. The molecular weight excluding hydrogens is 471 g/mol. The van der Waals surface area contributed by atoms with E-state index in [1.807, 2.05) is 12.1 Å². The monoisotopic (exact) mass is 504 g/mol. The first-order valence-corrected chi connectivity index (χ1v) is 13.0. The molecule has 37 heavy (non-hydrogen) atoms. The van der Waals surface area contributed by atoms with Gasteiger partial charge in [0.05, 0.1) is 5.39 Å². The van der Waals surface area contributed by atoms with Crippen LogP contribution in [0.15, 0.2) is 41.1 Å². The van der Waals surface area contributed by atoms with Crippen molar-refractivity contribution in [3.8, 4) is 11.1 Å². The van der Waals surface area contributed by atoms with Crippen molar-refractivity contribution < 1.29 is 13.7 Å². The fraction of sp³-hybridized carbons (Fsp3) is 0.429. The Morgan fingerprint density at radius 3 is 2.84 bits per heavy atom. The highest BCUT2D eigenvalue weighted by Crippen LogP contribution is 2.34. The molecule has 9 heteroatoms. The molecule has 0 aliphatic heterocycles. The van der Waals surface area contributed by atoms with Gasteiger partial charge in [0.2, 0.25) is 0 Å². The van der Waals surface area contributed by atoms with Crippen LogP contribution in [0.25, 0.3) is 22.2 Å². The van der Waals surface area contributed by atoms with Gasteiger partial charge in [-0.1, -0.05) is 50.9 Å². The second-order valence-electron chi connectivity index (χ2n) is 10.4. The molecule has 0 saturated heterocycles. The molecule has 0 radical (unpaired) electrons. The standard InChI is InChI=1S/C28H33FN6O2/c1-16(2)12-20-14-24(35-37-20)28(36)31-15-19-9-8-18(13-22(19)29)21-10-11-30-26-25(21)27(34-33-26)32-23-7-5-4-6-17(23)3/h8-11,13-14,16-17,23H,4-7,12,15H2,1-3H3,(H,31,36)(H2,30,32,33,34)/t17-,23+/m0/s1. The van der Waals surface area contributed by atoms with E-state index in [0.29, 0.717) is 41.3 Å². The van der Waals surface area contributed by atoms with E-state index in [9.17, 15) is 4.79 Å². The predicted molar refractivity (Wildman–Crippen MR) is 141 cm³/mol. The van der Waals surface area contributed by atoms with E-state index in [4.69, 9.17) is 4.52 Å². The number of amides is 1. The molecule has 0 bridgehead atoms. The van der Waals surface area contributed by atoms with Gasteiger partial charge in [-0.3, -0.25) is 9.89 Å². The summed E-state index contributed by atoms with van der Waals surface area (Å²) in [7, 11) is 0. The minimum Gasteiger partial charge on any atom is -0.365 e. The van der Waals surface area contributed by atoms with Crippen molar-refractivity contribution in [2.24, 2.45) is 11.8 Å². The summed E-state index contributed by atoms with van der Waals surface area (Å²) in [6, 6.07) is 8.91. The molecule has 8 nitrogen and oxygen atoms in total. The van der Waals surface area contributed by atoms with E-state index in [-0.39, 0.29) is 12.2 Å². The quantitative estimate of drug-likeness (QED) is 0.277. The molecule has 1 aliphatic rings. The number of benzene rings is 1. The van der Waals surface area contributed by atoms with Crippen LogP contribution in [0.1, 0.15) is 68.3 Å². The van der Waals surface area contributed by atoms with E-state index in [1.54, 1.807) is 18.3 Å². The topological polar surface area (TPSA) is 109 Å². The zero-order valence-electron chi connectivity index (χ0n) is 21.5. The summed E-state index contributed by atoms with van der Waals surface area (Å²) in [5, 5.41) is 18.5. The first-order valence-electron chi connectivity index (χ1n) is 13.0. The normalized spacial score (nSPS) is 17.9. The number of fused-ring (bicyclic) bond motifs is 1. The summed E-state index contributed by atoms with van der Waals surface area (Å²) in [4.78, 5) is 16.9. The second kappa shape index (κ2) is 10.7. The molecule has 4 aromatic rings. The minimum atomic E-state index is -0.401. The third-order valence-electron chi connectivity index (χ3n) is 7.10. The maximum atomic E-state index is 15.1. The Hall–Kier alpha value is -3.75. The SMILES string of the molecule is CC(C)Cc1cc(C(=O)NCc2ccc(-c3ccnc4[nH]nc(N[C@@H]5CCCC[C@@H]5C)c34)cc2F)no1. The number of anilines is 1. The first-order chi connectivity index (χ1) is 17.9. The van der Waals surface area contributed by atoms with Crippen molar-refractivity contribution in [3.63, 3.8) is 0 Å². The van der Waals surface area contributed by atoms with Gasteiger partial charge < -0.3 is 15.2 Å². The van der Waals surface area contributed by atoms with Crippen molar-refractivity contribution in [3.05, 3.63) is 59.4 Å². The van der Waals surface area contributed by atoms with Gasteiger partial charge in [-0.25, -0.2) is 9.37 Å². The molecular formula is C28H33FN6O2. The first kappa shape index (κ1) is 24.9. The maximum Gasteiger partial charge on any atom is 0.273 e. The number of hydrogen-bond donors (Lipinski definition) is 3. The Morgan fingerprint density at radius 2 is 2.05 bits per heavy atom. The number of pyridine rings is 1. The third kappa shape index (κ3) is 5.50. The molecule has 1 aromatic carbocycles. The molecule has 5 rings (SSSR count).